The SMILES string of the molecule is CC#CC#CC#CC#CC#CC#CC#CC#CC#CC#CC#CC#CC(=O)N[C@@H](CO[C@H]1OC(COP(=O)(Oc2ccccc2)Oc2ccccc2)[C@H](C)[C@H](C)C1C)[C@@H]1OC(C)(C)O[C@@H]1C=CCCCCCCCCCCCC. The highest BCUT2D eigenvalue weighted by molar-refractivity contribution is 7.49. The number of unbranched alkanes of at least 4 members (excludes halogenated alkanes) is 10. The number of hydrogen-bond donors (Lipinski definition) is 1. The minimum absolute atomic E-state index is 0.0251. The van der Waals surface area contributed by atoms with E-state index in [1.54, 1.807) is 55.5 Å². The molecule has 4 rings (SSSR count). The van der Waals surface area contributed by atoms with Crippen molar-refractivity contribution < 1.29 is 41.9 Å². The van der Waals surface area contributed by atoms with Gasteiger partial charge in [-0.2, -0.15) is 0 Å². The van der Waals surface area contributed by atoms with E-state index in [-0.39, 0.29) is 31.0 Å². The van der Waals surface area contributed by atoms with Crippen LogP contribution in [0.5, 0.6) is 11.5 Å². The summed E-state index contributed by atoms with van der Waals surface area (Å²) in [5, 5.41) is 3.00. The first kappa shape index (κ1) is 63.5. The van der Waals surface area contributed by atoms with E-state index in [0.717, 1.165) is 19.3 Å². The van der Waals surface area contributed by atoms with Gasteiger partial charge in [-0.3, -0.25) is 9.32 Å². The molecule has 2 aromatic rings. The Balaban J connectivity index is 1.43. The van der Waals surface area contributed by atoms with Crippen LogP contribution in [0.3, 0.4) is 0 Å². The van der Waals surface area contributed by atoms with Gasteiger partial charge < -0.3 is 33.3 Å². The summed E-state index contributed by atoms with van der Waals surface area (Å²) in [6.45, 7) is 13.7. The van der Waals surface area contributed by atoms with Crippen LogP contribution in [0.25, 0.3) is 0 Å². The smallest absolute Gasteiger partial charge is 0.395 e. The van der Waals surface area contributed by atoms with Crippen molar-refractivity contribution in [3.63, 3.8) is 0 Å². The van der Waals surface area contributed by atoms with Crippen LogP contribution < -0.4 is 14.4 Å². The molecule has 0 spiro atoms. The Labute approximate surface area is 471 Å². The molecule has 0 radical (unpaired) electrons. The summed E-state index contributed by atoms with van der Waals surface area (Å²) in [7, 11) is -4.21. The first-order valence-corrected chi connectivity index (χ1v) is 28.2. The number of phosphoric acid groups is 1. The molecule has 2 saturated heterocycles. The lowest BCUT2D eigenvalue weighted by Gasteiger charge is -2.43. The highest BCUT2D eigenvalue weighted by atomic mass is 31.2. The third-order valence-corrected chi connectivity index (χ3v) is 13.6. The number of phosphoric ester groups is 1. The molecule has 2 aliphatic heterocycles. The van der Waals surface area contributed by atoms with E-state index in [1.165, 1.54) is 51.4 Å². The summed E-state index contributed by atoms with van der Waals surface area (Å²) in [6.07, 6.45) is 15.1. The molecule has 0 aliphatic carbocycles. The normalized spacial score (nSPS) is 19.2. The van der Waals surface area contributed by atoms with Crippen molar-refractivity contribution in [3.8, 4) is 154 Å². The van der Waals surface area contributed by atoms with E-state index < -0.39 is 50.2 Å². The van der Waals surface area contributed by atoms with Crippen LogP contribution in [-0.2, 0) is 32.8 Å². The quantitative estimate of drug-likeness (QED) is 0.0476. The fraction of sp³-hybridized carbons (Fsp3) is 0.426. The van der Waals surface area contributed by atoms with E-state index in [2.05, 4.69) is 174 Å². The second-order valence-electron chi connectivity index (χ2n) is 18.7. The first-order chi connectivity index (χ1) is 38.4. The van der Waals surface area contributed by atoms with Gasteiger partial charge in [-0.1, -0.05) is 140 Å². The van der Waals surface area contributed by atoms with Gasteiger partial charge in [0.2, 0.25) is 0 Å². The third kappa shape index (κ3) is 26.8. The molecule has 8 atom stereocenters. The molecule has 10 nitrogen and oxygen atoms in total. The molecule has 1 amide bonds. The highest BCUT2D eigenvalue weighted by Gasteiger charge is 2.46. The predicted molar refractivity (Wildman–Crippen MR) is 310 cm³/mol. The zero-order chi connectivity index (χ0) is 56.7. The Hall–Kier alpha value is -8.00. The van der Waals surface area contributed by atoms with Gasteiger partial charge in [-0.05, 0) is 164 Å². The molecule has 1 N–H and O–H groups in total. The highest BCUT2D eigenvalue weighted by Crippen LogP contribution is 2.50. The van der Waals surface area contributed by atoms with Crippen molar-refractivity contribution in [2.24, 2.45) is 17.8 Å². The molecule has 0 saturated carbocycles. The minimum atomic E-state index is -4.21. The number of nitrogens with one attached hydrogen (secondary N) is 1. The van der Waals surface area contributed by atoms with E-state index >= 15 is 0 Å². The van der Waals surface area contributed by atoms with E-state index in [1.807, 2.05) is 39.0 Å². The fourth-order valence-corrected chi connectivity index (χ4v) is 9.21. The molecule has 2 fully saturated rings. The number of ether oxygens (including phenoxy) is 4. The molecule has 2 heterocycles. The summed E-state index contributed by atoms with van der Waals surface area (Å²) in [4.78, 5) is 13.5. The number of carbonyl (C=O) groups is 1. The van der Waals surface area contributed by atoms with Crippen molar-refractivity contribution in [2.45, 2.75) is 156 Å². The van der Waals surface area contributed by atoms with Crippen molar-refractivity contribution in [1.29, 1.82) is 0 Å². The number of rotatable bonds is 24. The monoisotopic (exact) mass is 1070 g/mol. The number of para-hydroxylation sites is 2. The van der Waals surface area contributed by atoms with Crippen molar-refractivity contribution >= 4 is 13.7 Å². The van der Waals surface area contributed by atoms with Crippen LogP contribution in [-0.4, -0.2) is 55.6 Å². The molecule has 2 unspecified atom stereocenters. The van der Waals surface area contributed by atoms with Gasteiger partial charge in [0.05, 0.1) is 25.4 Å². The Morgan fingerprint density at radius 3 is 1.56 bits per heavy atom. The fourth-order valence-electron chi connectivity index (χ4n) is 7.98. The van der Waals surface area contributed by atoms with Crippen LogP contribution in [0.2, 0.25) is 0 Å². The average molecular weight is 1070 g/mol. The van der Waals surface area contributed by atoms with E-state index in [9.17, 15) is 9.36 Å². The van der Waals surface area contributed by atoms with Crippen molar-refractivity contribution in [3.05, 3.63) is 72.8 Å². The Morgan fingerprint density at radius 1 is 0.620 bits per heavy atom. The van der Waals surface area contributed by atoms with Crippen molar-refractivity contribution in [2.75, 3.05) is 13.2 Å². The van der Waals surface area contributed by atoms with Gasteiger partial charge in [-0.15, -0.1) is 0 Å². The molecule has 0 aromatic heterocycles. The first-order valence-electron chi connectivity index (χ1n) is 26.7. The lowest BCUT2D eigenvalue weighted by Crippen LogP contribution is -2.53. The minimum Gasteiger partial charge on any atom is -0.395 e. The second-order valence-corrected chi connectivity index (χ2v) is 20.2. The number of hydrogen-bond acceptors (Lipinski definition) is 9. The van der Waals surface area contributed by atoms with Gasteiger partial charge in [0, 0.05) is 47.4 Å². The maximum absolute atomic E-state index is 14.3. The zero-order valence-electron chi connectivity index (χ0n) is 46.4. The lowest BCUT2D eigenvalue weighted by atomic mass is 9.79. The van der Waals surface area contributed by atoms with Crippen LogP contribution in [0.4, 0.5) is 0 Å². The molecule has 404 valence electrons. The Bertz CT molecular complexity index is 3140. The van der Waals surface area contributed by atoms with Gasteiger partial charge in [0.1, 0.15) is 23.7 Å². The molecular weight excluding hydrogens is 1010 g/mol. The van der Waals surface area contributed by atoms with Gasteiger partial charge >= 0.3 is 7.82 Å². The molecule has 2 aromatic carbocycles. The van der Waals surface area contributed by atoms with Gasteiger partial charge in [0.25, 0.3) is 5.91 Å². The summed E-state index contributed by atoms with van der Waals surface area (Å²) in [5.74, 6) is 60.2. The number of allylic oxidation sites excluding steroid dienone is 1. The van der Waals surface area contributed by atoms with Crippen molar-refractivity contribution in [1.82, 2.24) is 5.32 Å². The molecule has 2 aliphatic rings. The van der Waals surface area contributed by atoms with Crippen LogP contribution in [0.1, 0.15) is 119 Å². The van der Waals surface area contributed by atoms with E-state index in [0.29, 0.717) is 11.5 Å². The number of amides is 1. The Kier molecular flexibility index (Phi) is 30.3. The standard InChI is InChI=1S/C68H68NO9P/c1-8-10-12-14-16-18-20-22-23-24-25-26-27-28-29-30-31-32-34-36-38-40-48-54-65(70)69-62(66-63(75-68(6,7)76-66)53-47-39-37-35-33-21-19-17-15-13-11-9-2)55-72-67-59(5)57(3)58(4)64(74-67)56-73-79(71,77-60-49-43-41-44-50-60)78-61-51-45-42-46-52-61/h41-47,49-53,57-59,62-64,66-67H,9,11,13,15,17,19,21,33,35,37,39,55-56H2,1-7H3,(H,69,70)/t57-,58+,59?,62-,63+,64?,66-,67-/m0/s1. The topological polar surface area (TPSA) is 111 Å². The van der Waals surface area contributed by atoms with Gasteiger partial charge in [-0.25, -0.2) is 4.57 Å². The maximum Gasteiger partial charge on any atom is 0.587 e. The summed E-state index contributed by atoms with van der Waals surface area (Å²) >= 11 is 0. The second kappa shape index (κ2) is 37.7. The van der Waals surface area contributed by atoms with Crippen LogP contribution in [0.15, 0.2) is 72.8 Å². The Morgan fingerprint density at radius 2 is 1.08 bits per heavy atom. The number of carbonyl (C=O) groups excluding carboxylic acids is 1. The summed E-state index contributed by atoms with van der Waals surface area (Å²) < 4.78 is 58.2. The predicted octanol–water partition coefficient (Wildman–Crippen LogP) is 10.9. The lowest BCUT2D eigenvalue weighted by molar-refractivity contribution is -0.256. The molecular formula is C68H68NO9P. The maximum atomic E-state index is 14.3. The number of benzene rings is 2. The molecule has 0 bridgehead atoms. The third-order valence-electron chi connectivity index (χ3n) is 12.3. The average Bonchev–Trinajstić information content (AvgIpc) is 3.76. The van der Waals surface area contributed by atoms with E-state index in [4.69, 9.17) is 32.5 Å². The molecule has 79 heavy (non-hydrogen) atoms. The van der Waals surface area contributed by atoms with Gasteiger partial charge in [0.15, 0.2) is 12.1 Å². The largest absolute Gasteiger partial charge is 0.587 e. The molecule has 11 heteroatoms. The van der Waals surface area contributed by atoms with Crippen LogP contribution in [0, 0.1) is 160 Å². The summed E-state index contributed by atoms with van der Waals surface area (Å²) in [6, 6.07) is 16.7. The van der Waals surface area contributed by atoms with Crippen LogP contribution >= 0.6 is 7.82 Å². The summed E-state index contributed by atoms with van der Waals surface area (Å²) in [5.41, 5.74) is 0. The zero-order valence-corrected chi connectivity index (χ0v) is 47.3.